The quantitative estimate of drug-likeness (QED) is 0.830. The van der Waals surface area contributed by atoms with Crippen molar-refractivity contribution < 1.29 is 23.2 Å². The standard InChI is InChI=1S/C19H20BF3O2/c1-11-2-4-12(5-3-11)13-6-7-15(16(21)8-13)14-9-17(22)19(20(24)25)18(23)10-14/h6-12,24-25H,2-5H2,1H3. The Bertz CT molecular complexity index is 748. The van der Waals surface area contributed by atoms with Crippen LogP contribution in [0.3, 0.4) is 0 Å². The van der Waals surface area contributed by atoms with E-state index in [1.54, 1.807) is 0 Å². The monoisotopic (exact) mass is 348 g/mol. The summed E-state index contributed by atoms with van der Waals surface area (Å²) in [7, 11) is -2.25. The first kappa shape index (κ1) is 18.0. The van der Waals surface area contributed by atoms with Crippen LogP contribution in [0.4, 0.5) is 13.2 Å². The highest BCUT2D eigenvalue weighted by Gasteiger charge is 2.24. The third-order valence-corrected chi connectivity index (χ3v) is 5.13. The van der Waals surface area contributed by atoms with Crippen LogP contribution in [0.5, 0.6) is 0 Å². The van der Waals surface area contributed by atoms with Crippen molar-refractivity contribution in [2.75, 3.05) is 0 Å². The smallest absolute Gasteiger partial charge is 0.423 e. The lowest BCUT2D eigenvalue weighted by Crippen LogP contribution is -2.35. The fourth-order valence-electron chi connectivity index (χ4n) is 3.60. The number of hydrogen-bond acceptors (Lipinski definition) is 2. The summed E-state index contributed by atoms with van der Waals surface area (Å²) in [4.78, 5) is 0. The van der Waals surface area contributed by atoms with Crippen molar-refractivity contribution in [1.29, 1.82) is 0 Å². The van der Waals surface area contributed by atoms with Crippen molar-refractivity contribution in [3.8, 4) is 11.1 Å². The van der Waals surface area contributed by atoms with Crippen molar-refractivity contribution in [3.05, 3.63) is 53.3 Å². The molecule has 0 bridgehead atoms. The third kappa shape index (κ3) is 3.75. The fraction of sp³-hybridized carbons (Fsp3) is 0.368. The molecule has 0 atom stereocenters. The number of benzene rings is 2. The topological polar surface area (TPSA) is 40.5 Å². The molecule has 1 aliphatic rings. The minimum absolute atomic E-state index is 0.0284. The molecule has 0 saturated heterocycles. The zero-order valence-electron chi connectivity index (χ0n) is 14.0. The van der Waals surface area contributed by atoms with Gasteiger partial charge in [-0.15, -0.1) is 0 Å². The first-order valence-electron chi connectivity index (χ1n) is 8.51. The molecule has 1 saturated carbocycles. The highest BCUT2D eigenvalue weighted by Crippen LogP contribution is 2.37. The Balaban J connectivity index is 1.91. The van der Waals surface area contributed by atoms with E-state index in [9.17, 15) is 13.2 Å². The van der Waals surface area contributed by atoms with Gasteiger partial charge in [-0.3, -0.25) is 0 Å². The van der Waals surface area contributed by atoms with E-state index in [-0.39, 0.29) is 11.1 Å². The summed E-state index contributed by atoms with van der Waals surface area (Å²) >= 11 is 0. The van der Waals surface area contributed by atoms with Crippen LogP contribution < -0.4 is 5.46 Å². The average molecular weight is 348 g/mol. The zero-order chi connectivity index (χ0) is 18.1. The minimum Gasteiger partial charge on any atom is -0.423 e. The van der Waals surface area contributed by atoms with Crippen LogP contribution in [0.1, 0.15) is 44.1 Å². The Hall–Kier alpha value is -1.79. The lowest BCUT2D eigenvalue weighted by atomic mass is 9.78. The van der Waals surface area contributed by atoms with Gasteiger partial charge in [0.2, 0.25) is 0 Å². The Morgan fingerprint density at radius 1 is 0.880 bits per heavy atom. The van der Waals surface area contributed by atoms with Gasteiger partial charge < -0.3 is 10.0 Å². The molecule has 1 aliphatic carbocycles. The molecule has 0 heterocycles. The molecule has 25 heavy (non-hydrogen) atoms. The van der Waals surface area contributed by atoms with Crippen LogP contribution in [-0.2, 0) is 0 Å². The number of halogens is 3. The van der Waals surface area contributed by atoms with Gasteiger partial charge in [-0.1, -0.05) is 31.9 Å². The SMILES string of the molecule is CC1CCC(c2ccc(-c3cc(F)c(B(O)O)c(F)c3)c(F)c2)CC1. The molecule has 1 fully saturated rings. The third-order valence-electron chi connectivity index (χ3n) is 5.13. The van der Waals surface area contributed by atoms with Gasteiger partial charge in [0.05, 0.1) is 5.46 Å². The number of rotatable bonds is 3. The summed E-state index contributed by atoms with van der Waals surface area (Å²) in [6.45, 7) is 2.22. The van der Waals surface area contributed by atoms with Gasteiger partial charge in [-0.25, -0.2) is 13.2 Å². The van der Waals surface area contributed by atoms with E-state index in [2.05, 4.69) is 6.92 Å². The Morgan fingerprint density at radius 3 is 2.00 bits per heavy atom. The predicted molar refractivity (Wildman–Crippen MR) is 92.0 cm³/mol. The molecule has 0 aromatic heterocycles. The highest BCUT2D eigenvalue weighted by molar-refractivity contribution is 6.58. The summed E-state index contributed by atoms with van der Waals surface area (Å²) in [5, 5.41) is 18.0. The van der Waals surface area contributed by atoms with Crippen molar-refractivity contribution in [2.24, 2.45) is 5.92 Å². The van der Waals surface area contributed by atoms with Crippen LogP contribution in [0, 0.1) is 23.4 Å². The van der Waals surface area contributed by atoms with E-state index >= 15 is 0 Å². The molecule has 0 amide bonds. The van der Waals surface area contributed by atoms with Gasteiger partial charge in [0.15, 0.2) is 0 Å². The molecule has 0 radical (unpaired) electrons. The van der Waals surface area contributed by atoms with Crippen LogP contribution in [0.25, 0.3) is 11.1 Å². The van der Waals surface area contributed by atoms with Crippen molar-refractivity contribution in [1.82, 2.24) is 0 Å². The molecule has 2 nitrogen and oxygen atoms in total. The summed E-state index contributed by atoms with van der Waals surface area (Å²) < 4.78 is 42.4. The van der Waals surface area contributed by atoms with Gasteiger partial charge in [-0.2, -0.15) is 0 Å². The first-order valence-corrected chi connectivity index (χ1v) is 8.51. The van der Waals surface area contributed by atoms with Crippen molar-refractivity contribution >= 4 is 12.6 Å². The second-order valence-electron chi connectivity index (χ2n) is 6.92. The lowest BCUT2D eigenvalue weighted by molar-refractivity contribution is 0.347. The maximum Gasteiger partial charge on any atom is 0.494 e. The van der Waals surface area contributed by atoms with Crippen LogP contribution >= 0.6 is 0 Å². The second-order valence-corrected chi connectivity index (χ2v) is 6.92. The van der Waals surface area contributed by atoms with Gasteiger partial charge in [0, 0.05) is 5.56 Å². The summed E-state index contributed by atoms with van der Waals surface area (Å²) in [6, 6.07) is 6.62. The highest BCUT2D eigenvalue weighted by atomic mass is 19.1. The summed E-state index contributed by atoms with van der Waals surface area (Å²) in [6.07, 6.45) is 4.28. The van der Waals surface area contributed by atoms with Gasteiger partial charge in [0.25, 0.3) is 0 Å². The van der Waals surface area contributed by atoms with E-state index in [0.717, 1.165) is 43.4 Å². The largest absolute Gasteiger partial charge is 0.494 e. The zero-order valence-corrected chi connectivity index (χ0v) is 14.0. The normalized spacial score (nSPS) is 20.6. The summed E-state index contributed by atoms with van der Waals surface area (Å²) in [5.74, 6) is -1.75. The molecule has 3 rings (SSSR count). The van der Waals surface area contributed by atoms with Crippen LogP contribution in [-0.4, -0.2) is 17.2 Å². The minimum atomic E-state index is -2.25. The Labute approximate surface area is 145 Å². The first-order chi connectivity index (χ1) is 11.9. The van der Waals surface area contributed by atoms with Gasteiger partial charge >= 0.3 is 7.12 Å². The van der Waals surface area contributed by atoms with Crippen LogP contribution in [0.15, 0.2) is 30.3 Å². The van der Waals surface area contributed by atoms with Crippen LogP contribution in [0.2, 0.25) is 0 Å². The van der Waals surface area contributed by atoms with E-state index in [1.165, 1.54) is 12.1 Å². The average Bonchev–Trinajstić information content (AvgIpc) is 2.54. The molecule has 132 valence electrons. The molecule has 2 aromatic carbocycles. The Kier molecular flexibility index (Phi) is 5.20. The van der Waals surface area contributed by atoms with Crippen molar-refractivity contribution in [2.45, 2.75) is 38.5 Å². The van der Waals surface area contributed by atoms with E-state index in [4.69, 9.17) is 10.0 Å². The molecule has 0 aliphatic heterocycles. The second kappa shape index (κ2) is 7.22. The van der Waals surface area contributed by atoms with E-state index in [0.29, 0.717) is 11.8 Å². The maximum atomic E-state index is 14.5. The lowest BCUT2D eigenvalue weighted by Gasteiger charge is -2.26. The fourth-order valence-corrected chi connectivity index (χ4v) is 3.60. The number of hydrogen-bond donors (Lipinski definition) is 2. The molecular formula is C19H20BF3O2. The van der Waals surface area contributed by atoms with Gasteiger partial charge in [0.1, 0.15) is 17.5 Å². The van der Waals surface area contributed by atoms with Crippen molar-refractivity contribution in [3.63, 3.8) is 0 Å². The molecule has 2 N–H and O–H groups in total. The van der Waals surface area contributed by atoms with E-state index in [1.807, 2.05) is 6.07 Å². The Morgan fingerprint density at radius 2 is 1.48 bits per heavy atom. The molecule has 2 aromatic rings. The molecule has 0 spiro atoms. The maximum absolute atomic E-state index is 14.5. The molecule has 0 unspecified atom stereocenters. The predicted octanol–water partition coefficient (Wildman–Crippen LogP) is 3.74. The van der Waals surface area contributed by atoms with E-state index < -0.39 is 30.0 Å². The molecule has 6 heteroatoms. The van der Waals surface area contributed by atoms with Gasteiger partial charge in [-0.05, 0) is 54.0 Å². The summed E-state index contributed by atoms with van der Waals surface area (Å²) in [5.41, 5.74) is 0.194. The molecular weight excluding hydrogens is 328 g/mol.